The molecule has 0 saturated heterocycles. The fourth-order valence-electron chi connectivity index (χ4n) is 15.4. The summed E-state index contributed by atoms with van der Waals surface area (Å²) in [5.41, 5.74) is 20.3. The number of H-pyrrole nitrogens is 2. The van der Waals surface area contributed by atoms with Crippen molar-refractivity contribution in [3.63, 3.8) is 0 Å². The molecule has 2 aliphatic heterocycles. The molecule has 0 saturated carbocycles. The van der Waals surface area contributed by atoms with Crippen LogP contribution in [0.25, 0.3) is 89.7 Å². The molecule has 8 bridgehead atoms. The molecule has 2 N–H and O–H groups in total. The summed E-state index contributed by atoms with van der Waals surface area (Å²) in [7, 11) is 0. The highest BCUT2D eigenvalue weighted by Crippen LogP contribution is 2.51. The molecular formula is C96H82N8O8. The first-order chi connectivity index (χ1) is 53.8. The van der Waals surface area contributed by atoms with Crippen LogP contribution in [0.15, 0.2) is 194 Å². The molecule has 16 nitrogen and oxygen atoms in total. The van der Waals surface area contributed by atoms with Gasteiger partial charge in [-0.25, -0.2) is 29.9 Å². The summed E-state index contributed by atoms with van der Waals surface area (Å²) in [4.78, 5) is 41.1. The predicted octanol–water partition coefficient (Wildman–Crippen LogP) is 26.1. The molecule has 2 aliphatic rings. The van der Waals surface area contributed by atoms with Crippen LogP contribution in [0.1, 0.15) is 89.0 Å². The minimum absolute atomic E-state index is 0.290. The second-order valence-electron chi connectivity index (χ2n) is 30.4. The van der Waals surface area contributed by atoms with Gasteiger partial charge in [0.15, 0.2) is 69.3 Å². The van der Waals surface area contributed by atoms with Crippen LogP contribution in [0.5, 0.6) is 92.0 Å². The van der Waals surface area contributed by atoms with Gasteiger partial charge in [0.05, 0.1) is 0 Å². The SMILES string of the molecule is Cc1cc(C)cc(Oc2cc3c(cc2Oc2cc(C)cc(C)c2)-c2nc-3nc3[nH]c(nc4nc(nc5[nH]c(n2)c2cc(Oc6cc(C)cc(C)c6)c(Oc6cc(C)cc(C)c6)cc52)-c2cc(Oc5cc(C)cc(C)c5)c(Oc5cc(C)cc(C)c5)cc2-4)c2cc(Oc4cc(C)cc(C)c4)c(Oc4cc(C)cc(C)c4)cc32)c1. The van der Waals surface area contributed by atoms with E-state index >= 15 is 0 Å². The van der Waals surface area contributed by atoms with E-state index in [1.807, 2.05) is 146 Å². The summed E-state index contributed by atoms with van der Waals surface area (Å²) < 4.78 is 56.4. The Kier molecular flexibility index (Phi) is 18.1. The van der Waals surface area contributed by atoms with Crippen molar-refractivity contribution >= 4 is 44.1 Å². The van der Waals surface area contributed by atoms with Gasteiger partial charge < -0.3 is 47.9 Å². The Hall–Kier alpha value is -13.6. The number of nitrogens with one attached hydrogen (secondary N) is 2. The number of benzene rings is 12. The number of aryl methyl sites for hydroxylation is 16. The number of hydrogen-bond acceptors (Lipinski definition) is 14. The third-order valence-corrected chi connectivity index (χ3v) is 19.5. The Bertz CT molecular complexity index is 5690. The number of nitrogens with zero attached hydrogens (tertiary/aromatic N) is 6. The summed E-state index contributed by atoms with van der Waals surface area (Å²) in [6, 6.07) is 64.5. The van der Waals surface area contributed by atoms with Gasteiger partial charge in [-0.3, -0.25) is 0 Å². The van der Waals surface area contributed by atoms with E-state index in [0.29, 0.717) is 182 Å². The van der Waals surface area contributed by atoms with E-state index in [2.05, 4.69) is 169 Å². The molecule has 0 amide bonds. The van der Waals surface area contributed by atoms with Crippen molar-refractivity contribution < 1.29 is 37.9 Å². The molecule has 3 aromatic heterocycles. The molecule has 0 fully saturated rings. The van der Waals surface area contributed by atoms with Crippen molar-refractivity contribution in [2.24, 2.45) is 0 Å². The Morgan fingerprint density at radius 2 is 0.295 bits per heavy atom. The average Bonchev–Trinajstić information content (AvgIpc) is 1.59. The number of ether oxygens (including phenoxy) is 8. The zero-order chi connectivity index (χ0) is 77.7. The van der Waals surface area contributed by atoms with Crippen molar-refractivity contribution in [3.05, 3.63) is 283 Å². The molecule has 0 radical (unpaired) electrons. The predicted molar refractivity (Wildman–Crippen MR) is 444 cm³/mol. The van der Waals surface area contributed by atoms with Crippen LogP contribution in [0.3, 0.4) is 0 Å². The monoisotopic (exact) mass is 1470 g/mol. The largest absolute Gasteiger partial charge is 0.453 e. The number of rotatable bonds is 16. The lowest BCUT2D eigenvalue weighted by atomic mass is 10.1. The van der Waals surface area contributed by atoms with Crippen LogP contribution < -0.4 is 37.9 Å². The first-order valence-electron chi connectivity index (χ1n) is 37.4. The van der Waals surface area contributed by atoms with E-state index in [4.69, 9.17) is 67.8 Å². The molecule has 112 heavy (non-hydrogen) atoms. The topological polar surface area (TPSA) is 183 Å². The summed E-state index contributed by atoms with van der Waals surface area (Å²) in [5.74, 6) is 9.40. The molecule has 12 aromatic carbocycles. The third kappa shape index (κ3) is 14.9. The number of aromatic amines is 2. The second kappa shape index (κ2) is 28.4. The van der Waals surface area contributed by atoms with Crippen LogP contribution >= 0.6 is 0 Å². The van der Waals surface area contributed by atoms with Crippen LogP contribution in [0.4, 0.5) is 0 Å². The molecule has 0 unspecified atom stereocenters. The summed E-state index contributed by atoms with van der Waals surface area (Å²) in [6.07, 6.45) is 0. The first kappa shape index (κ1) is 71.3. The fourth-order valence-corrected chi connectivity index (χ4v) is 15.4. The fraction of sp³-hybridized carbons (Fsp3) is 0.167. The Labute approximate surface area is 649 Å². The maximum atomic E-state index is 7.05. The third-order valence-electron chi connectivity index (χ3n) is 19.5. The van der Waals surface area contributed by atoms with Gasteiger partial charge in [-0.2, -0.15) is 0 Å². The quantitative estimate of drug-likeness (QED) is 0.0932. The highest BCUT2D eigenvalue weighted by Gasteiger charge is 2.30. The summed E-state index contributed by atoms with van der Waals surface area (Å²) >= 11 is 0. The van der Waals surface area contributed by atoms with Crippen LogP contribution in [0.2, 0.25) is 0 Å². The molecule has 16 heteroatoms. The molecule has 5 heterocycles. The van der Waals surface area contributed by atoms with Gasteiger partial charge in [0.25, 0.3) is 0 Å². The summed E-state index contributed by atoms with van der Waals surface area (Å²) in [6.45, 7) is 32.8. The maximum Gasteiger partial charge on any atom is 0.170 e. The van der Waals surface area contributed by atoms with Gasteiger partial charge in [-0.15, -0.1) is 0 Å². The van der Waals surface area contributed by atoms with Gasteiger partial charge in [-0.05, 0) is 345 Å². The molecule has 15 aromatic rings. The smallest absolute Gasteiger partial charge is 0.170 e. The first-order valence-corrected chi connectivity index (χ1v) is 37.4. The Morgan fingerprint density at radius 1 is 0.161 bits per heavy atom. The highest BCUT2D eigenvalue weighted by molar-refractivity contribution is 6.08. The van der Waals surface area contributed by atoms with Crippen LogP contribution in [-0.4, -0.2) is 39.9 Å². The van der Waals surface area contributed by atoms with E-state index in [9.17, 15) is 0 Å². The van der Waals surface area contributed by atoms with Gasteiger partial charge in [0.2, 0.25) is 0 Å². The minimum atomic E-state index is 0.290. The zero-order valence-corrected chi connectivity index (χ0v) is 65.4. The Balaban J connectivity index is 1.01. The lowest BCUT2D eigenvalue weighted by Crippen LogP contribution is -1.95. The van der Waals surface area contributed by atoms with E-state index in [0.717, 1.165) is 89.0 Å². The van der Waals surface area contributed by atoms with Crippen LogP contribution in [-0.2, 0) is 0 Å². The van der Waals surface area contributed by atoms with E-state index in [-0.39, 0.29) is 0 Å². The number of fused-ring (bicyclic) bond motifs is 20. The lowest BCUT2D eigenvalue weighted by molar-refractivity contribution is 0.418. The average molecular weight is 1480 g/mol. The van der Waals surface area contributed by atoms with E-state index in [1.165, 1.54) is 0 Å². The molecular weight excluding hydrogens is 1390 g/mol. The van der Waals surface area contributed by atoms with Crippen LogP contribution in [0, 0.1) is 111 Å². The van der Waals surface area contributed by atoms with Gasteiger partial charge in [-0.1, -0.05) is 48.5 Å². The highest BCUT2D eigenvalue weighted by atomic mass is 16.5. The second-order valence-corrected chi connectivity index (χ2v) is 30.4. The van der Waals surface area contributed by atoms with Crippen molar-refractivity contribution in [2.75, 3.05) is 0 Å². The van der Waals surface area contributed by atoms with Crippen molar-refractivity contribution in [1.82, 2.24) is 39.9 Å². The van der Waals surface area contributed by atoms with Gasteiger partial charge in [0.1, 0.15) is 68.6 Å². The molecule has 554 valence electrons. The normalized spacial score (nSPS) is 11.6. The maximum absolute atomic E-state index is 7.05. The van der Waals surface area contributed by atoms with Crippen molar-refractivity contribution in [3.8, 4) is 138 Å². The van der Waals surface area contributed by atoms with Crippen molar-refractivity contribution in [2.45, 2.75) is 111 Å². The lowest BCUT2D eigenvalue weighted by Gasteiger charge is -2.16. The summed E-state index contributed by atoms with van der Waals surface area (Å²) in [5, 5.41) is 2.46. The zero-order valence-electron chi connectivity index (χ0n) is 65.4. The molecule has 17 rings (SSSR count). The van der Waals surface area contributed by atoms with E-state index < -0.39 is 0 Å². The standard InChI is InChI=1S/C96H82N8O8/c1-49-17-50(2)26-65(25-49)105-81-41-73-74(42-82(81)106-66-27-51(3)18-52(4)28-66)90-97-89(73)101-91-75-43-83(107-67-29-53(5)19-54(6)30-67)84(108-68-31-55(7)20-56(8)32-68)44-76(75)93(98-91)103-95-79-47-87(111-71-37-61(13)23-62(14)38-71)88(112-72-39-63(15)24-64(16)40-72)48-80(79)96(100-95)104-94-78-46-86(110-70-35-59(11)22-60(12)36-70)85(45-77(78)92(99-94)102-90)109-69-33-57(9)21-58(10)34-69/h17-48H,1-16H3,(H2,97,98,99,100,101,102,103,104). The molecule has 0 atom stereocenters. The number of aromatic nitrogens is 8. The van der Waals surface area contributed by atoms with E-state index in [1.54, 1.807) is 0 Å². The number of hydrogen-bond donors (Lipinski definition) is 2. The Morgan fingerprint density at radius 3 is 0.438 bits per heavy atom. The van der Waals surface area contributed by atoms with Gasteiger partial charge >= 0.3 is 0 Å². The minimum Gasteiger partial charge on any atom is -0.453 e. The van der Waals surface area contributed by atoms with Gasteiger partial charge in [0, 0.05) is 43.8 Å². The van der Waals surface area contributed by atoms with Crippen molar-refractivity contribution in [1.29, 1.82) is 0 Å². The molecule has 0 aliphatic carbocycles. The molecule has 0 spiro atoms.